The Bertz CT molecular complexity index is 1380. The predicted octanol–water partition coefficient (Wildman–Crippen LogP) is 4.25. The topological polar surface area (TPSA) is 88.9 Å². The molecule has 1 unspecified atom stereocenters. The number of hydrogen-bond donors (Lipinski definition) is 1. The second-order valence-electron chi connectivity index (χ2n) is 11.7. The first-order chi connectivity index (χ1) is 20.3. The van der Waals surface area contributed by atoms with Crippen LogP contribution in [0, 0.1) is 5.92 Å². The lowest BCUT2D eigenvalue weighted by molar-refractivity contribution is 0.0941. The standard InChI is InChI=1S/C32H43N5O4S/c1-23(2)22-42(39)37-16-14-36(15-17-37)20-24-8-10-25(11-9-24)21-41-30-7-5-6-27(31(30)40-4)19-33-32(38)29-18-28(26-12-13-26)34-35(29)3/h5-11,18,23,26H,12-17,19-22H2,1-4H3,(H,33,38). The molecule has 1 saturated carbocycles. The van der Waals surface area contributed by atoms with E-state index in [2.05, 4.69) is 57.7 Å². The van der Waals surface area contributed by atoms with Gasteiger partial charge < -0.3 is 14.8 Å². The molecule has 9 nitrogen and oxygen atoms in total. The number of aromatic nitrogens is 2. The maximum atomic E-state index is 12.9. The molecule has 1 N–H and O–H groups in total. The Balaban J connectivity index is 1.11. The van der Waals surface area contributed by atoms with E-state index in [1.807, 2.05) is 31.3 Å². The van der Waals surface area contributed by atoms with E-state index in [4.69, 9.17) is 9.47 Å². The Morgan fingerprint density at radius 1 is 1.07 bits per heavy atom. The summed E-state index contributed by atoms with van der Waals surface area (Å²) in [6.45, 7) is 9.39. The molecule has 1 aliphatic heterocycles. The monoisotopic (exact) mass is 593 g/mol. The molecule has 0 spiro atoms. The molecule has 1 saturated heterocycles. The van der Waals surface area contributed by atoms with Crippen molar-refractivity contribution in [3.63, 3.8) is 0 Å². The first kappa shape index (κ1) is 30.3. The molecule has 0 radical (unpaired) electrons. The van der Waals surface area contributed by atoms with Gasteiger partial charge in [-0.25, -0.2) is 8.51 Å². The van der Waals surface area contributed by atoms with Crippen LogP contribution in [0.4, 0.5) is 0 Å². The first-order valence-electron chi connectivity index (χ1n) is 14.8. The highest BCUT2D eigenvalue weighted by Gasteiger charge is 2.28. The Labute approximate surface area is 251 Å². The summed E-state index contributed by atoms with van der Waals surface area (Å²) < 4.78 is 28.1. The van der Waals surface area contributed by atoms with Crippen molar-refractivity contribution in [3.8, 4) is 11.5 Å². The molecule has 2 aromatic carbocycles. The fourth-order valence-electron chi connectivity index (χ4n) is 5.23. The molecule has 1 aliphatic carbocycles. The van der Waals surface area contributed by atoms with E-state index >= 15 is 0 Å². The second kappa shape index (κ2) is 13.8. The molecular weight excluding hydrogens is 550 g/mol. The highest BCUT2D eigenvalue weighted by Crippen LogP contribution is 2.39. The van der Waals surface area contributed by atoms with E-state index in [9.17, 15) is 9.00 Å². The van der Waals surface area contributed by atoms with Gasteiger partial charge >= 0.3 is 0 Å². The van der Waals surface area contributed by atoms with Crippen LogP contribution in [0.2, 0.25) is 0 Å². The molecule has 1 aromatic heterocycles. The van der Waals surface area contributed by atoms with Crippen molar-refractivity contribution in [2.45, 2.75) is 52.3 Å². The van der Waals surface area contributed by atoms with Gasteiger partial charge in [0.05, 0.1) is 23.8 Å². The molecule has 5 rings (SSSR count). The van der Waals surface area contributed by atoms with E-state index in [0.29, 0.717) is 42.2 Å². The highest BCUT2D eigenvalue weighted by molar-refractivity contribution is 7.82. The number of aryl methyl sites for hydroxylation is 1. The molecule has 1 atom stereocenters. The van der Waals surface area contributed by atoms with Crippen LogP contribution in [0.3, 0.4) is 0 Å². The molecule has 42 heavy (non-hydrogen) atoms. The number of nitrogens with one attached hydrogen (secondary N) is 1. The van der Waals surface area contributed by atoms with Crippen molar-refractivity contribution in [2.24, 2.45) is 13.0 Å². The Kier molecular flexibility index (Phi) is 9.97. The number of nitrogens with zero attached hydrogens (tertiary/aromatic N) is 4. The van der Waals surface area contributed by atoms with Gasteiger partial charge in [0.15, 0.2) is 11.5 Å². The van der Waals surface area contributed by atoms with Crippen molar-refractivity contribution < 1.29 is 18.5 Å². The predicted molar refractivity (Wildman–Crippen MR) is 165 cm³/mol. The van der Waals surface area contributed by atoms with E-state index in [1.165, 1.54) is 5.56 Å². The summed E-state index contributed by atoms with van der Waals surface area (Å²) in [6, 6.07) is 16.1. The fourth-order valence-corrected chi connectivity index (χ4v) is 6.59. The molecule has 0 bridgehead atoms. The van der Waals surface area contributed by atoms with Gasteiger partial charge in [-0.05, 0) is 42.0 Å². The maximum Gasteiger partial charge on any atom is 0.269 e. The van der Waals surface area contributed by atoms with Gasteiger partial charge in [-0.3, -0.25) is 14.4 Å². The molecule has 3 aromatic rings. The number of benzene rings is 2. The summed E-state index contributed by atoms with van der Waals surface area (Å²) in [5.74, 6) is 2.78. The molecule has 1 amide bonds. The van der Waals surface area contributed by atoms with Crippen molar-refractivity contribution in [2.75, 3.05) is 39.0 Å². The number of para-hydroxylation sites is 1. The van der Waals surface area contributed by atoms with Crippen molar-refractivity contribution in [1.82, 2.24) is 24.3 Å². The van der Waals surface area contributed by atoms with Gasteiger partial charge in [0.25, 0.3) is 5.91 Å². The summed E-state index contributed by atoms with van der Waals surface area (Å²) in [4.78, 5) is 15.3. The minimum Gasteiger partial charge on any atom is -0.493 e. The molecule has 10 heteroatoms. The van der Waals surface area contributed by atoms with E-state index in [-0.39, 0.29) is 5.91 Å². The normalized spacial score (nSPS) is 16.9. The van der Waals surface area contributed by atoms with Crippen LogP contribution in [0.1, 0.15) is 65.5 Å². The SMILES string of the molecule is COc1c(CNC(=O)c2cc(C3CC3)nn2C)cccc1OCc1ccc(CN2CCN(S(=O)CC(C)C)CC2)cc1. The Hall–Kier alpha value is -3.21. The molecular formula is C32H43N5O4S. The number of carbonyl (C=O) groups is 1. The average molecular weight is 594 g/mol. The summed E-state index contributed by atoms with van der Waals surface area (Å²) in [5, 5.41) is 7.50. The van der Waals surface area contributed by atoms with Crippen LogP contribution in [0.15, 0.2) is 48.5 Å². The van der Waals surface area contributed by atoms with Gasteiger partial charge in [0.1, 0.15) is 12.3 Å². The lowest BCUT2D eigenvalue weighted by atomic mass is 10.1. The minimum atomic E-state index is -0.873. The van der Waals surface area contributed by atoms with Crippen molar-refractivity contribution in [1.29, 1.82) is 0 Å². The van der Waals surface area contributed by atoms with Gasteiger partial charge in [0, 0.05) is 63.6 Å². The van der Waals surface area contributed by atoms with E-state index < -0.39 is 11.0 Å². The zero-order valence-corrected chi connectivity index (χ0v) is 26.0. The van der Waals surface area contributed by atoms with Crippen LogP contribution in [-0.2, 0) is 37.7 Å². The van der Waals surface area contributed by atoms with Crippen LogP contribution in [0.5, 0.6) is 11.5 Å². The number of carbonyl (C=O) groups excluding carboxylic acids is 1. The first-order valence-corrected chi connectivity index (χ1v) is 16.1. The minimum absolute atomic E-state index is 0.159. The summed E-state index contributed by atoms with van der Waals surface area (Å²) >= 11 is 0. The van der Waals surface area contributed by atoms with E-state index in [1.54, 1.807) is 11.8 Å². The Morgan fingerprint density at radius 2 is 1.79 bits per heavy atom. The second-order valence-corrected chi connectivity index (χ2v) is 13.2. The van der Waals surface area contributed by atoms with Gasteiger partial charge in [-0.1, -0.05) is 50.2 Å². The summed E-state index contributed by atoms with van der Waals surface area (Å²) in [6.07, 6.45) is 2.29. The molecule has 2 fully saturated rings. The van der Waals surface area contributed by atoms with Crippen LogP contribution in [0.25, 0.3) is 0 Å². The molecule has 2 aliphatic rings. The summed E-state index contributed by atoms with van der Waals surface area (Å²) in [7, 11) is 2.55. The van der Waals surface area contributed by atoms with Crippen molar-refractivity contribution in [3.05, 3.63) is 76.6 Å². The number of ether oxygens (including phenoxy) is 2. The third-order valence-corrected chi connectivity index (χ3v) is 9.64. The highest BCUT2D eigenvalue weighted by atomic mass is 32.2. The average Bonchev–Trinajstić information content (AvgIpc) is 3.76. The van der Waals surface area contributed by atoms with Gasteiger partial charge in [-0.2, -0.15) is 5.10 Å². The number of piperazine rings is 1. The third kappa shape index (κ3) is 7.79. The van der Waals surface area contributed by atoms with Crippen LogP contribution in [-0.4, -0.2) is 68.1 Å². The lowest BCUT2D eigenvalue weighted by Gasteiger charge is -2.34. The smallest absolute Gasteiger partial charge is 0.269 e. The largest absolute Gasteiger partial charge is 0.493 e. The number of amides is 1. The van der Waals surface area contributed by atoms with Crippen molar-refractivity contribution >= 4 is 16.9 Å². The van der Waals surface area contributed by atoms with Gasteiger partial charge in [0.2, 0.25) is 0 Å². The maximum absolute atomic E-state index is 12.9. The Morgan fingerprint density at radius 3 is 2.45 bits per heavy atom. The zero-order valence-electron chi connectivity index (χ0n) is 25.2. The van der Waals surface area contributed by atoms with E-state index in [0.717, 1.165) is 68.1 Å². The number of hydrogen-bond acceptors (Lipinski definition) is 6. The third-order valence-electron chi connectivity index (χ3n) is 7.75. The molecule has 2 heterocycles. The van der Waals surface area contributed by atoms with Crippen LogP contribution < -0.4 is 14.8 Å². The van der Waals surface area contributed by atoms with Gasteiger partial charge in [-0.15, -0.1) is 0 Å². The quantitative estimate of drug-likeness (QED) is 0.319. The van der Waals surface area contributed by atoms with Crippen LogP contribution >= 0.6 is 0 Å². The number of methoxy groups -OCH3 is 1. The molecule has 226 valence electrons. The zero-order chi connectivity index (χ0) is 29.6. The number of rotatable bonds is 13. The summed E-state index contributed by atoms with van der Waals surface area (Å²) in [5.41, 5.74) is 4.72. The fraction of sp³-hybridized carbons (Fsp3) is 0.500. The lowest BCUT2D eigenvalue weighted by Crippen LogP contribution is -2.47.